The van der Waals surface area contributed by atoms with Gasteiger partial charge >= 0.3 is 6.09 Å². The topological polar surface area (TPSA) is 92.9 Å². The van der Waals surface area contributed by atoms with E-state index in [1.165, 1.54) is 0 Å². The molecule has 3 aromatic rings. The number of carbonyl (C=O) groups is 1. The Hall–Kier alpha value is -3.22. The van der Waals surface area contributed by atoms with E-state index in [4.69, 9.17) is 15.1 Å². The van der Waals surface area contributed by atoms with Crippen LogP contribution < -0.4 is 5.32 Å². The number of nitrogens with zero attached hydrogens (tertiary/aromatic N) is 4. The maximum absolute atomic E-state index is 11.0. The zero-order valence-corrected chi connectivity index (χ0v) is 14.4. The predicted molar refractivity (Wildman–Crippen MR) is 96.6 cm³/mol. The Balaban J connectivity index is 1.82. The number of benzene rings is 1. The van der Waals surface area contributed by atoms with Crippen LogP contribution in [0.5, 0.6) is 0 Å². The Morgan fingerprint density at radius 3 is 2.73 bits per heavy atom. The van der Waals surface area contributed by atoms with Crippen LogP contribution in [-0.2, 0) is 19.9 Å². The molecule has 1 unspecified atom stereocenters. The summed E-state index contributed by atoms with van der Waals surface area (Å²) < 4.78 is 1.74. The summed E-state index contributed by atoms with van der Waals surface area (Å²) in [5.41, 5.74) is 4.47. The average molecular weight is 349 g/mol. The molecule has 0 aliphatic heterocycles. The highest BCUT2D eigenvalue weighted by atomic mass is 16.4. The van der Waals surface area contributed by atoms with Gasteiger partial charge in [0.05, 0.1) is 5.69 Å². The smallest absolute Gasteiger partial charge is 0.404 e. The SMILES string of the molecule is Cn1ccc(-c2nc(-c3ccccc3)nc3c2CC(NC(=O)O)CC3)n1. The van der Waals surface area contributed by atoms with E-state index < -0.39 is 6.09 Å². The fourth-order valence-corrected chi connectivity index (χ4v) is 3.38. The quantitative estimate of drug-likeness (QED) is 0.758. The zero-order chi connectivity index (χ0) is 18.1. The summed E-state index contributed by atoms with van der Waals surface area (Å²) >= 11 is 0. The van der Waals surface area contributed by atoms with Crippen molar-refractivity contribution in [1.82, 2.24) is 25.1 Å². The van der Waals surface area contributed by atoms with Crippen LogP contribution in [0.3, 0.4) is 0 Å². The Labute approximate surface area is 150 Å². The van der Waals surface area contributed by atoms with Gasteiger partial charge in [0.25, 0.3) is 0 Å². The van der Waals surface area contributed by atoms with E-state index in [9.17, 15) is 4.79 Å². The molecule has 26 heavy (non-hydrogen) atoms. The normalized spacial score (nSPS) is 16.1. The van der Waals surface area contributed by atoms with Crippen molar-refractivity contribution in [2.75, 3.05) is 0 Å². The monoisotopic (exact) mass is 349 g/mol. The molecule has 1 amide bonds. The number of hydrogen-bond donors (Lipinski definition) is 2. The Bertz CT molecular complexity index is 952. The van der Waals surface area contributed by atoms with Crippen LogP contribution in [0.2, 0.25) is 0 Å². The molecule has 0 saturated carbocycles. The van der Waals surface area contributed by atoms with Crippen molar-refractivity contribution in [3.05, 3.63) is 53.9 Å². The van der Waals surface area contributed by atoms with Crippen LogP contribution in [0.25, 0.3) is 22.8 Å². The average Bonchev–Trinajstić information content (AvgIpc) is 3.07. The Kier molecular flexibility index (Phi) is 4.12. The number of amides is 1. The molecule has 2 heterocycles. The molecular weight excluding hydrogens is 330 g/mol. The molecule has 0 spiro atoms. The number of aryl methyl sites for hydroxylation is 2. The molecule has 1 aliphatic carbocycles. The van der Waals surface area contributed by atoms with Crippen molar-refractivity contribution in [3.8, 4) is 22.8 Å². The van der Waals surface area contributed by atoms with E-state index in [2.05, 4.69) is 10.4 Å². The van der Waals surface area contributed by atoms with Crippen LogP contribution in [0, 0.1) is 0 Å². The number of nitrogens with one attached hydrogen (secondary N) is 1. The highest BCUT2D eigenvalue weighted by Gasteiger charge is 2.26. The van der Waals surface area contributed by atoms with Gasteiger partial charge in [0.2, 0.25) is 0 Å². The van der Waals surface area contributed by atoms with Gasteiger partial charge in [0.15, 0.2) is 5.82 Å². The predicted octanol–water partition coefficient (Wildman–Crippen LogP) is 2.67. The van der Waals surface area contributed by atoms with Crippen molar-refractivity contribution in [2.45, 2.75) is 25.3 Å². The van der Waals surface area contributed by atoms with Gasteiger partial charge in [-0.05, 0) is 25.3 Å². The molecule has 4 rings (SSSR count). The van der Waals surface area contributed by atoms with Gasteiger partial charge in [0, 0.05) is 36.1 Å². The first kappa shape index (κ1) is 16.3. The van der Waals surface area contributed by atoms with Crippen molar-refractivity contribution >= 4 is 6.09 Å². The molecule has 7 heteroatoms. The first-order valence-corrected chi connectivity index (χ1v) is 8.55. The Morgan fingerprint density at radius 1 is 1.23 bits per heavy atom. The number of fused-ring (bicyclic) bond motifs is 1. The van der Waals surface area contributed by atoms with Crippen LogP contribution in [0.4, 0.5) is 4.79 Å². The lowest BCUT2D eigenvalue weighted by Gasteiger charge is -2.25. The van der Waals surface area contributed by atoms with E-state index >= 15 is 0 Å². The summed E-state index contributed by atoms with van der Waals surface area (Å²) in [6.45, 7) is 0. The van der Waals surface area contributed by atoms with Gasteiger partial charge in [0.1, 0.15) is 5.69 Å². The second kappa shape index (κ2) is 6.59. The number of carboxylic acid groups (broad SMARTS) is 1. The first-order chi connectivity index (χ1) is 12.6. The second-order valence-electron chi connectivity index (χ2n) is 6.45. The highest BCUT2D eigenvalue weighted by Crippen LogP contribution is 2.31. The molecular formula is C19H19N5O2. The molecule has 2 aromatic heterocycles. The molecule has 7 nitrogen and oxygen atoms in total. The van der Waals surface area contributed by atoms with Crippen LogP contribution >= 0.6 is 0 Å². The summed E-state index contributed by atoms with van der Waals surface area (Å²) in [5.74, 6) is 0.676. The molecule has 0 saturated heterocycles. The zero-order valence-electron chi connectivity index (χ0n) is 14.4. The molecule has 1 atom stereocenters. The second-order valence-corrected chi connectivity index (χ2v) is 6.45. The van der Waals surface area contributed by atoms with E-state index in [-0.39, 0.29) is 6.04 Å². The largest absolute Gasteiger partial charge is 0.465 e. The summed E-state index contributed by atoms with van der Waals surface area (Å²) in [5, 5.41) is 16.1. The van der Waals surface area contributed by atoms with Crippen molar-refractivity contribution in [2.24, 2.45) is 7.05 Å². The van der Waals surface area contributed by atoms with Gasteiger partial charge < -0.3 is 10.4 Å². The fraction of sp³-hybridized carbons (Fsp3) is 0.263. The minimum atomic E-state index is -1.00. The van der Waals surface area contributed by atoms with Gasteiger partial charge in [-0.3, -0.25) is 4.68 Å². The summed E-state index contributed by atoms with van der Waals surface area (Å²) in [4.78, 5) is 20.6. The molecule has 1 aromatic carbocycles. The van der Waals surface area contributed by atoms with E-state index in [0.29, 0.717) is 18.7 Å². The van der Waals surface area contributed by atoms with Gasteiger partial charge in [-0.15, -0.1) is 0 Å². The maximum Gasteiger partial charge on any atom is 0.404 e. The van der Waals surface area contributed by atoms with Gasteiger partial charge in [-0.25, -0.2) is 14.8 Å². The number of rotatable bonds is 3. The molecule has 0 fully saturated rings. The third-order valence-electron chi connectivity index (χ3n) is 4.59. The minimum Gasteiger partial charge on any atom is -0.465 e. The summed E-state index contributed by atoms with van der Waals surface area (Å²) in [7, 11) is 1.87. The number of aromatic nitrogens is 4. The summed E-state index contributed by atoms with van der Waals surface area (Å²) in [6.07, 6.45) is 2.89. The molecule has 1 aliphatic rings. The van der Waals surface area contributed by atoms with Crippen molar-refractivity contribution < 1.29 is 9.90 Å². The molecule has 0 bridgehead atoms. The molecule has 0 radical (unpaired) electrons. The van der Waals surface area contributed by atoms with E-state index in [0.717, 1.165) is 34.6 Å². The van der Waals surface area contributed by atoms with Crippen LogP contribution in [0.1, 0.15) is 17.7 Å². The number of hydrogen-bond acceptors (Lipinski definition) is 4. The van der Waals surface area contributed by atoms with E-state index in [1.807, 2.05) is 49.6 Å². The van der Waals surface area contributed by atoms with Crippen molar-refractivity contribution in [1.29, 1.82) is 0 Å². The molecule has 2 N–H and O–H groups in total. The summed E-state index contributed by atoms with van der Waals surface area (Å²) in [6, 6.07) is 11.7. The van der Waals surface area contributed by atoms with Crippen molar-refractivity contribution in [3.63, 3.8) is 0 Å². The maximum atomic E-state index is 11.0. The van der Waals surface area contributed by atoms with Crippen LogP contribution in [-0.4, -0.2) is 37.0 Å². The lowest BCUT2D eigenvalue weighted by Crippen LogP contribution is -2.38. The highest BCUT2D eigenvalue weighted by molar-refractivity contribution is 5.67. The third kappa shape index (κ3) is 3.15. The lowest BCUT2D eigenvalue weighted by atomic mass is 9.89. The van der Waals surface area contributed by atoms with Gasteiger partial charge in [-0.1, -0.05) is 30.3 Å². The lowest BCUT2D eigenvalue weighted by molar-refractivity contribution is 0.188. The van der Waals surface area contributed by atoms with Crippen LogP contribution in [0.15, 0.2) is 42.6 Å². The van der Waals surface area contributed by atoms with Gasteiger partial charge in [-0.2, -0.15) is 5.10 Å². The Morgan fingerprint density at radius 2 is 2.04 bits per heavy atom. The standard InChI is InChI=1S/C19H19N5O2/c1-24-10-9-16(23-24)17-14-11-13(20-19(25)26)7-8-15(14)21-18(22-17)12-5-3-2-4-6-12/h2-6,9-10,13,20H,7-8,11H2,1H3,(H,25,26). The van der Waals surface area contributed by atoms with E-state index in [1.54, 1.807) is 4.68 Å². The molecule has 132 valence electrons. The fourth-order valence-electron chi connectivity index (χ4n) is 3.38. The minimum absolute atomic E-state index is 0.131. The first-order valence-electron chi connectivity index (χ1n) is 8.55. The third-order valence-corrected chi connectivity index (χ3v) is 4.59.